The number of para-hydroxylation sites is 1. The lowest BCUT2D eigenvalue weighted by atomic mass is 9.76. The number of aromatic nitrogens is 1. The maximum Gasteiger partial charge on any atom is 0.481 e. The number of amides is 2. The number of aryl methyl sites for hydroxylation is 1. The topological polar surface area (TPSA) is 108 Å². The van der Waals surface area contributed by atoms with Gasteiger partial charge in [0.15, 0.2) is 0 Å². The average molecular weight is 497 g/mol. The molecule has 2 aromatic rings. The summed E-state index contributed by atoms with van der Waals surface area (Å²) in [5.74, 6) is -0.628. The monoisotopic (exact) mass is 497 g/mol. The van der Waals surface area contributed by atoms with E-state index in [1.807, 2.05) is 65.0 Å². The summed E-state index contributed by atoms with van der Waals surface area (Å²) in [7, 11) is 0.776. The molecule has 0 bridgehead atoms. The summed E-state index contributed by atoms with van der Waals surface area (Å²) in [5, 5.41) is 5.73. The van der Waals surface area contributed by atoms with Gasteiger partial charge in [0, 0.05) is 25.4 Å². The van der Waals surface area contributed by atoms with Crippen molar-refractivity contribution in [3.8, 4) is 5.75 Å². The Balaban J connectivity index is 1.71. The first-order chi connectivity index (χ1) is 17.0. The number of ether oxygens (including phenoxy) is 2. The van der Waals surface area contributed by atoms with Gasteiger partial charge in [0.25, 0.3) is 5.91 Å². The predicted molar refractivity (Wildman–Crippen MR) is 137 cm³/mol. The second-order valence-electron chi connectivity index (χ2n) is 9.86. The third-order valence-electron chi connectivity index (χ3n) is 6.50. The van der Waals surface area contributed by atoms with Crippen molar-refractivity contribution in [1.29, 1.82) is 0 Å². The van der Waals surface area contributed by atoms with Crippen molar-refractivity contribution < 1.29 is 28.4 Å². The number of methoxy groups -OCH3 is 1. The Morgan fingerprint density at radius 1 is 1.03 bits per heavy atom. The van der Waals surface area contributed by atoms with Gasteiger partial charge in [-0.1, -0.05) is 18.2 Å². The van der Waals surface area contributed by atoms with Crippen LogP contribution in [0.5, 0.6) is 5.75 Å². The van der Waals surface area contributed by atoms with E-state index >= 15 is 0 Å². The molecule has 2 N–H and O–H groups in total. The lowest BCUT2D eigenvalue weighted by Crippen LogP contribution is -2.56. The molecule has 10 heteroatoms. The van der Waals surface area contributed by atoms with Crippen LogP contribution in [0.4, 0.5) is 0 Å². The SMILES string of the molecule is COCC(NC(=O)c1ccc(C)nc1)C(=O)NC(CCOc1ccccc1)B1OC(C)(C)C(C)(C)O1. The number of carbonyl (C=O) groups excluding carboxylic acids is 2. The third kappa shape index (κ3) is 7.06. The van der Waals surface area contributed by atoms with E-state index in [4.69, 9.17) is 18.8 Å². The van der Waals surface area contributed by atoms with Gasteiger partial charge in [-0.3, -0.25) is 14.6 Å². The smallest absolute Gasteiger partial charge is 0.481 e. The first-order valence-electron chi connectivity index (χ1n) is 12.1. The molecule has 36 heavy (non-hydrogen) atoms. The summed E-state index contributed by atoms with van der Waals surface area (Å²) in [6, 6.07) is 11.9. The number of hydrogen-bond acceptors (Lipinski definition) is 7. The highest BCUT2D eigenvalue weighted by molar-refractivity contribution is 6.48. The molecule has 0 saturated carbocycles. The molecule has 0 aliphatic carbocycles. The van der Waals surface area contributed by atoms with E-state index in [2.05, 4.69) is 15.6 Å². The van der Waals surface area contributed by atoms with Gasteiger partial charge in [0.2, 0.25) is 5.91 Å². The molecule has 0 spiro atoms. The predicted octanol–water partition coefficient (Wildman–Crippen LogP) is 2.72. The van der Waals surface area contributed by atoms with E-state index in [1.165, 1.54) is 13.3 Å². The zero-order valence-electron chi connectivity index (χ0n) is 21.9. The molecule has 1 aromatic carbocycles. The molecule has 3 rings (SSSR count). The van der Waals surface area contributed by atoms with Crippen LogP contribution in [0.25, 0.3) is 0 Å². The van der Waals surface area contributed by atoms with Crippen molar-refractivity contribution in [1.82, 2.24) is 15.6 Å². The van der Waals surface area contributed by atoms with Crippen LogP contribution in [0.2, 0.25) is 0 Å². The Kier molecular flexibility index (Phi) is 9.11. The molecular weight excluding hydrogens is 461 g/mol. The van der Waals surface area contributed by atoms with Crippen molar-refractivity contribution in [2.45, 2.75) is 64.2 Å². The summed E-state index contributed by atoms with van der Waals surface area (Å²) < 4.78 is 23.5. The maximum atomic E-state index is 13.3. The van der Waals surface area contributed by atoms with Gasteiger partial charge in [0.05, 0.1) is 35.9 Å². The molecular formula is C26H36BN3O6. The summed E-state index contributed by atoms with van der Waals surface area (Å²) in [6.45, 7) is 9.97. The van der Waals surface area contributed by atoms with Crippen LogP contribution >= 0.6 is 0 Å². The Hall–Kier alpha value is -2.95. The first kappa shape index (κ1) is 27.6. The Labute approximate surface area is 213 Å². The van der Waals surface area contributed by atoms with Crippen molar-refractivity contribution in [2.75, 3.05) is 20.3 Å². The molecule has 1 fully saturated rings. The number of rotatable bonds is 11. The van der Waals surface area contributed by atoms with Crippen LogP contribution in [0.15, 0.2) is 48.7 Å². The molecule has 1 aliphatic heterocycles. The fourth-order valence-corrected chi connectivity index (χ4v) is 3.63. The molecule has 1 aromatic heterocycles. The maximum absolute atomic E-state index is 13.3. The zero-order valence-corrected chi connectivity index (χ0v) is 21.9. The lowest BCUT2D eigenvalue weighted by Gasteiger charge is -2.32. The highest BCUT2D eigenvalue weighted by Gasteiger charge is 2.54. The third-order valence-corrected chi connectivity index (χ3v) is 6.50. The van der Waals surface area contributed by atoms with E-state index in [9.17, 15) is 9.59 Å². The molecule has 2 unspecified atom stereocenters. The number of nitrogens with one attached hydrogen (secondary N) is 2. The highest BCUT2D eigenvalue weighted by Crippen LogP contribution is 2.37. The first-order valence-corrected chi connectivity index (χ1v) is 12.1. The highest BCUT2D eigenvalue weighted by atomic mass is 16.7. The Morgan fingerprint density at radius 2 is 1.69 bits per heavy atom. The van der Waals surface area contributed by atoms with Crippen LogP contribution in [-0.4, -0.2) is 67.4 Å². The van der Waals surface area contributed by atoms with Gasteiger partial charge in [-0.05, 0) is 58.9 Å². The minimum atomic E-state index is -0.927. The molecule has 2 amide bonds. The lowest BCUT2D eigenvalue weighted by molar-refractivity contribution is -0.124. The minimum Gasteiger partial charge on any atom is -0.494 e. The van der Waals surface area contributed by atoms with Gasteiger partial charge in [0.1, 0.15) is 11.8 Å². The van der Waals surface area contributed by atoms with Crippen molar-refractivity contribution >= 4 is 18.9 Å². The summed E-state index contributed by atoms with van der Waals surface area (Å²) >= 11 is 0. The van der Waals surface area contributed by atoms with Crippen LogP contribution in [0.3, 0.4) is 0 Å². The van der Waals surface area contributed by atoms with Gasteiger partial charge < -0.3 is 29.4 Å². The molecule has 9 nitrogen and oxygen atoms in total. The van der Waals surface area contributed by atoms with Gasteiger partial charge >= 0.3 is 7.12 Å². The number of nitrogens with zero attached hydrogens (tertiary/aromatic N) is 1. The molecule has 1 saturated heterocycles. The normalized spacial score (nSPS) is 17.8. The average Bonchev–Trinajstić information content (AvgIpc) is 3.05. The Morgan fingerprint density at radius 3 is 2.28 bits per heavy atom. The fraction of sp³-hybridized carbons (Fsp3) is 0.500. The zero-order chi connectivity index (χ0) is 26.3. The fourth-order valence-electron chi connectivity index (χ4n) is 3.63. The van der Waals surface area contributed by atoms with Gasteiger partial charge in [-0.15, -0.1) is 0 Å². The van der Waals surface area contributed by atoms with E-state index in [0.29, 0.717) is 18.6 Å². The Bertz CT molecular complexity index is 1000. The molecule has 2 heterocycles. The molecule has 0 radical (unpaired) electrons. The standard InChI is InChI=1S/C26H36BN3O6/c1-18-12-13-19(16-28-18)23(31)29-21(17-33-6)24(32)30-22(14-15-34-20-10-8-7-9-11-20)27-35-25(2,3)26(4,5)36-27/h7-13,16,21-22H,14-15,17H2,1-6H3,(H,29,31)(H,30,32). The molecule has 2 atom stereocenters. The number of carbonyl (C=O) groups is 2. The van der Waals surface area contributed by atoms with Gasteiger partial charge in [-0.2, -0.15) is 0 Å². The largest absolute Gasteiger partial charge is 0.494 e. The van der Waals surface area contributed by atoms with E-state index < -0.39 is 42.1 Å². The van der Waals surface area contributed by atoms with Crippen LogP contribution in [0, 0.1) is 6.92 Å². The van der Waals surface area contributed by atoms with Crippen molar-refractivity contribution in [3.63, 3.8) is 0 Å². The second-order valence-corrected chi connectivity index (χ2v) is 9.86. The number of pyridine rings is 1. The summed E-state index contributed by atoms with van der Waals surface area (Å²) in [4.78, 5) is 30.2. The van der Waals surface area contributed by atoms with Crippen LogP contribution < -0.4 is 15.4 Å². The number of hydrogen-bond donors (Lipinski definition) is 2. The van der Waals surface area contributed by atoms with Crippen LogP contribution in [0.1, 0.15) is 50.2 Å². The van der Waals surface area contributed by atoms with Crippen molar-refractivity contribution in [2.24, 2.45) is 0 Å². The van der Waals surface area contributed by atoms with E-state index in [-0.39, 0.29) is 6.61 Å². The molecule has 1 aliphatic rings. The van der Waals surface area contributed by atoms with Crippen molar-refractivity contribution in [3.05, 3.63) is 59.9 Å². The quantitative estimate of drug-likeness (QED) is 0.460. The number of benzene rings is 1. The van der Waals surface area contributed by atoms with Crippen LogP contribution in [-0.2, 0) is 18.8 Å². The summed E-state index contributed by atoms with van der Waals surface area (Å²) in [5.41, 5.74) is 0.00736. The minimum absolute atomic E-state index is 0.00648. The van der Waals surface area contributed by atoms with Gasteiger partial charge in [-0.25, -0.2) is 0 Å². The summed E-state index contributed by atoms with van der Waals surface area (Å²) in [6.07, 6.45) is 1.90. The van der Waals surface area contributed by atoms with E-state index in [0.717, 1.165) is 11.4 Å². The second kappa shape index (κ2) is 11.9. The molecule has 194 valence electrons. The van der Waals surface area contributed by atoms with E-state index in [1.54, 1.807) is 12.1 Å².